The van der Waals surface area contributed by atoms with Gasteiger partial charge in [-0.1, -0.05) is 0 Å². The molecule has 0 aliphatic carbocycles. The van der Waals surface area contributed by atoms with Gasteiger partial charge in [0, 0.05) is 12.1 Å². The summed E-state index contributed by atoms with van der Waals surface area (Å²) in [6.07, 6.45) is -4.59. The second-order valence-electron chi connectivity index (χ2n) is 5.88. The van der Waals surface area contributed by atoms with Gasteiger partial charge in [0.1, 0.15) is 11.9 Å². The lowest BCUT2D eigenvalue weighted by molar-refractivity contribution is -0.186. The number of benzene rings is 1. The van der Waals surface area contributed by atoms with Crippen molar-refractivity contribution in [1.82, 2.24) is 20.4 Å². The molecule has 144 valence electrons. The lowest BCUT2D eigenvalue weighted by atomic mass is 10.2. The highest BCUT2D eigenvalue weighted by atomic mass is 19.4. The first-order valence-electron chi connectivity index (χ1n) is 7.99. The number of aromatic nitrogens is 2. The summed E-state index contributed by atoms with van der Waals surface area (Å²) < 4.78 is 56.0. The number of carbonyl (C=O) groups is 2. The Morgan fingerprint density at radius 1 is 1.22 bits per heavy atom. The van der Waals surface area contributed by atoms with E-state index in [1.807, 2.05) is 0 Å². The number of halogens is 4. The minimum Gasteiger partial charge on any atom is -0.419 e. The maximum Gasteiger partial charge on any atom is 0.471 e. The van der Waals surface area contributed by atoms with Crippen molar-refractivity contribution in [2.75, 3.05) is 6.54 Å². The Morgan fingerprint density at radius 3 is 2.59 bits per heavy atom. The zero-order chi connectivity index (χ0) is 19.6. The maximum absolute atomic E-state index is 12.9. The van der Waals surface area contributed by atoms with Gasteiger partial charge in [-0.05, 0) is 37.1 Å². The van der Waals surface area contributed by atoms with Crippen LogP contribution in [0.15, 0.2) is 28.7 Å². The van der Waals surface area contributed by atoms with Crippen LogP contribution in [-0.4, -0.2) is 45.7 Å². The predicted octanol–water partition coefficient (Wildman–Crippen LogP) is 2.05. The third kappa shape index (κ3) is 4.23. The van der Waals surface area contributed by atoms with Gasteiger partial charge in [-0.2, -0.15) is 13.2 Å². The largest absolute Gasteiger partial charge is 0.471 e. The number of nitrogens with zero attached hydrogens (tertiary/aromatic N) is 3. The first-order valence-corrected chi connectivity index (χ1v) is 7.99. The molecule has 1 aromatic carbocycles. The molecule has 0 spiro atoms. The van der Waals surface area contributed by atoms with E-state index in [-0.39, 0.29) is 31.3 Å². The summed E-state index contributed by atoms with van der Waals surface area (Å²) in [6.45, 7) is -0.344. The number of hydrogen-bond acceptors (Lipinski definition) is 5. The molecule has 0 radical (unpaired) electrons. The highest BCUT2D eigenvalue weighted by Gasteiger charge is 2.47. The Balaban J connectivity index is 1.61. The Kier molecular flexibility index (Phi) is 5.10. The highest BCUT2D eigenvalue weighted by Crippen LogP contribution is 2.26. The Bertz CT molecular complexity index is 835. The lowest BCUT2D eigenvalue weighted by Crippen LogP contribution is -2.50. The van der Waals surface area contributed by atoms with Crippen LogP contribution in [0.4, 0.5) is 17.6 Å². The van der Waals surface area contributed by atoms with E-state index in [0.29, 0.717) is 16.9 Å². The van der Waals surface area contributed by atoms with Crippen LogP contribution in [0, 0.1) is 5.82 Å². The molecular weight excluding hydrogens is 372 g/mol. The van der Waals surface area contributed by atoms with E-state index in [1.54, 1.807) is 0 Å². The van der Waals surface area contributed by atoms with Gasteiger partial charge in [-0.25, -0.2) is 4.39 Å². The minimum absolute atomic E-state index is 0.0226. The van der Waals surface area contributed by atoms with Crippen molar-refractivity contribution >= 4 is 11.8 Å². The molecule has 2 aromatic rings. The van der Waals surface area contributed by atoms with Crippen molar-refractivity contribution in [3.63, 3.8) is 0 Å². The van der Waals surface area contributed by atoms with Gasteiger partial charge in [-0.15, -0.1) is 10.2 Å². The summed E-state index contributed by atoms with van der Waals surface area (Å²) >= 11 is 0. The van der Waals surface area contributed by atoms with Crippen LogP contribution < -0.4 is 5.32 Å². The molecular formula is C16H14F4N4O3. The second kappa shape index (κ2) is 7.33. The number of carbonyl (C=O) groups excluding carboxylic acids is 2. The molecule has 3 rings (SSSR count). The molecule has 1 N–H and O–H groups in total. The SMILES string of the molecule is O=C(NCc1nnc(-c2ccc(F)cc2)o1)C1CCCN1C(=O)C(F)(F)F. The van der Waals surface area contributed by atoms with E-state index in [1.165, 1.54) is 24.3 Å². The molecule has 1 unspecified atom stereocenters. The summed E-state index contributed by atoms with van der Waals surface area (Å²) in [6, 6.07) is 4.11. The molecule has 7 nitrogen and oxygen atoms in total. The zero-order valence-corrected chi connectivity index (χ0v) is 13.8. The summed E-state index contributed by atoms with van der Waals surface area (Å²) in [5.41, 5.74) is 0.471. The molecule has 1 atom stereocenters. The number of nitrogens with one attached hydrogen (secondary N) is 1. The zero-order valence-electron chi connectivity index (χ0n) is 13.8. The number of likely N-dealkylation sites (tertiary alicyclic amines) is 1. The van der Waals surface area contributed by atoms with Crippen LogP contribution in [0.25, 0.3) is 11.5 Å². The number of rotatable bonds is 4. The summed E-state index contributed by atoms with van der Waals surface area (Å²) in [5, 5.41) is 9.88. The molecule has 1 saturated heterocycles. The van der Waals surface area contributed by atoms with Crippen LogP contribution in [0.5, 0.6) is 0 Å². The average molecular weight is 386 g/mol. The fourth-order valence-electron chi connectivity index (χ4n) is 2.76. The van der Waals surface area contributed by atoms with Crippen molar-refractivity contribution in [1.29, 1.82) is 0 Å². The monoisotopic (exact) mass is 386 g/mol. The molecule has 1 aliphatic rings. The molecule has 1 aromatic heterocycles. The van der Waals surface area contributed by atoms with Gasteiger partial charge in [0.25, 0.3) is 0 Å². The molecule has 2 amide bonds. The highest BCUT2D eigenvalue weighted by molar-refractivity contribution is 5.90. The quantitative estimate of drug-likeness (QED) is 0.813. The fraction of sp³-hybridized carbons (Fsp3) is 0.375. The van der Waals surface area contributed by atoms with E-state index >= 15 is 0 Å². The van der Waals surface area contributed by atoms with Gasteiger partial charge in [-0.3, -0.25) is 9.59 Å². The van der Waals surface area contributed by atoms with Crippen LogP contribution in [0.2, 0.25) is 0 Å². The van der Waals surface area contributed by atoms with Gasteiger partial charge in [0.2, 0.25) is 17.7 Å². The van der Waals surface area contributed by atoms with E-state index in [9.17, 15) is 27.2 Å². The molecule has 1 aliphatic heterocycles. The van der Waals surface area contributed by atoms with Crippen molar-refractivity contribution in [3.05, 3.63) is 36.0 Å². The molecule has 27 heavy (non-hydrogen) atoms. The molecule has 0 bridgehead atoms. The van der Waals surface area contributed by atoms with Crippen LogP contribution >= 0.6 is 0 Å². The summed E-state index contributed by atoms with van der Waals surface area (Å²) in [5.74, 6) is -3.06. The van der Waals surface area contributed by atoms with Crippen molar-refractivity contribution in [2.45, 2.75) is 31.6 Å². The topological polar surface area (TPSA) is 88.3 Å². The molecule has 0 saturated carbocycles. The number of alkyl halides is 3. The van der Waals surface area contributed by atoms with E-state index in [0.717, 1.165) is 0 Å². The summed E-state index contributed by atoms with van der Waals surface area (Å²) in [7, 11) is 0. The predicted molar refractivity (Wildman–Crippen MR) is 82.3 cm³/mol. The van der Waals surface area contributed by atoms with Crippen molar-refractivity contribution in [2.24, 2.45) is 0 Å². The third-order valence-corrected chi connectivity index (χ3v) is 4.03. The molecule has 1 fully saturated rings. The summed E-state index contributed by atoms with van der Waals surface area (Å²) in [4.78, 5) is 24.1. The normalized spacial score (nSPS) is 17.2. The maximum atomic E-state index is 12.9. The standard InChI is InChI=1S/C16H14F4N4O3/c17-10-5-3-9(4-6-10)14-23-22-12(27-14)8-21-13(25)11-2-1-7-24(11)15(26)16(18,19)20/h3-6,11H,1-2,7-8H2,(H,21,25). The van der Waals surface area contributed by atoms with Crippen molar-refractivity contribution < 1.29 is 31.6 Å². The van der Waals surface area contributed by atoms with Crippen molar-refractivity contribution in [3.8, 4) is 11.5 Å². The fourth-order valence-corrected chi connectivity index (χ4v) is 2.76. The first-order chi connectivity index (χ1) is 12.8. The van der Waals surface area contributed by atoms with Gasteiger partial charge in [0.05, 0.1) is 6.54 Å². The van der Waals surface area contributed by atoms with Gasteiger partial charge >= 0.3 is 12.1 Å². The lowest BCUT2D eigenvalue weighted by Gasteiger charge is -2.24. The van der Waals surface area contributed by atoms with Crippen LogP contribution in [0.1, 0.15) is 18.7 Å². The van der Waals surface area contributed by atoms with E-state index < -0.39 is 29.8 Å². The Morgan fingerprint density at radius 2 is 1.93 bits per heavy atom. The Hall–Kier alpha value is -2.98. The van der Waals surface area contributed by atoms with Gasteiger partial charge in [0.15, 0.2) is 0 Å². The van der Waals surface area contributed by atoms with Gasteiger partial charge < -0.3 is 14.6 Å². The Labute approximate surface area is 150 Å². The van der Waals surface area contributed by atoms with Crippen LogP contribution in [0.3, 0.4) is 0 Å². The van der Waals surface area contributed by atoms with E-state index in [4.69, 9.17) is 4.42 Å². The third-order valence-electron chi connectivity index (χ3n) is 4.03. The number of hydrogen-bond donors (Lipinski definition) is 1. The smallest absolute Gasteiger partial charge is 0.419 e. The first kappa shape index (κ1) is 18.8. The number of amides is 2. The van der Waals surface area contributed by atoms with E-state index in [2.05, 4.69) is 15.5 Å². The average Bonchev–Trinajstić information content (AvgIpc) is 3.28. The second-order valence-corrected chi connectivity index (χ2v) is 5.88. The van der Waals surface area contributed by atoms with Crippen LogP contribution in [-0.2, 0) is 16.1 Å². The molecule has 11 heteroatoms. The minimum atomic E-state index is -5.03. The molecule has 2 heterocycles.